The van der Waals surface area contributed by atoms with E-state index in [0.717, 1.165) is 83.6 Å². The Morgan fingerprint density at radius 3 is 2.09 bits per heavy atom. The summed E-state index contributed by atoms with van der Waals surface area (Å²) in [6.07, 6.45) is 16.2. The lowest BCUT2D eigenvalue weighted by Gasteiger charge is -2.32. The van der Waals surface area contributed by atoms with Gasteiger partial charge in [-0.05, 0) is 137 Å². The van der Waals surface area contributed by atoms with Crippen molar-refractivity contribution in [1.29, 1.82) is 0 Å². The molecule has 66 heavy (non-hydrogen) atoms. The molecule has 0 amide bonds. The third-order valence-corrected chi connectivity index (χ3v) is 16.7. The Morgan fingerprint density at radius 2 is 1.42 bits per heavy atom. The number of aryl methyl sites for hydroxylation is 2. The van der Waals surface area contributed by atoms with Gasteiger partial charge in [0.15, 0.2) is 5.71 Å². The molecule has 2 unspecified atom stereocenters. The van der Waals surface area contributed by atoms with Gasteiger partial charge in [0.2, 0.25) is 5.69 Å². The second-order valence-electron chi connectivity index (χ2n) is 18.5. The molecule has 3 aromatic carbocycles. The van der Waals surface area contributed by atoms with Crippen molar-refractivity contribution < 1.29 is 58.1 Å². The molecule has 17 heteroatoms. The van der Waals surface area contributed by atoms with E-state index in [-0.39, 0.29) is 21.8 Å². The van der Waals surface area contributed by atoms with Crippen LogP contribution >= 0.6 is 0 Å². The van der Waals surface area contributed by atoms with Gasteiger partial charge in [-0.15, -0.1) is 0 Å². The van der Waals surface area contributed by atoms with Crippen LogP contribution in [-0.4, -0.2) is 79.1 Å². The zero-order chi connectivity index (χ0) is 47.4. The van der Waals surface area contributed by atoms with Crippen LogP contribution in [0.2, 0.25) is 0 Å². The summed E-state index contributed by atoms with van der Waals surface area (Å²) in [5.74, 6) is -0.578. The van der Waals surface area contributed by atoms with Crippen molar-refractivity contribution in [3.05, 3.63) is 123 Å². The first-order valence-corrected chi connectivity index (χ1v) is 27.1. The Bertz CT molecular complexity index is 3000. The van der Waals surface area contributed by atoms with Gasteiger partial charge in [-0.25, -0.2) is 4.79 Å². The van der Waals surface area contributed by atoms with Crippen molar-refractivity contribution in [1.82, 2.24) is 0 Å². The van der Waals surface area contributed by atoms with Gasteiger partial charge in [-0.2, -0.15) is 29.8 Å². The maximum Gasteiger partial charge on any atom is 0.335 e. The fraction of sp³-hybridized carbons (Fsp3) is 0.429. The minimum atomic E-state index is -4.68. The Labute approximate surface area is 387 Å². The molecule has 0 bridgehead atoms. The van der Waals surface area contributed by atoms with E-state index in [4.69, 9.17) is 4.74 Å². The molecular formula is C49H57N2O12S3+. The fourth-order valence-electron chi connectivity index (χ4n) is 11.0. The highest BCUT2D eigenvalue weighted by atomic mass is 32.2. The van der Waals surface area contributed by atoms with Crippen molar-refractivity contribution >= 4 is 53.4 Å². The summed E-state index contributed by atoms with van der Waals surface area (Å²) in [4.78, 5) is 13.7. The number of carboxylic acid groups (broad SMARTS) is 1. The number of carbonyl (C=O) groups is 1. The molecule has 4 N–H and O–H groups in total. The number of nitrogens with zero attached hydrogens (tertiary/aromatic N) is 2. The Kier molecular flexibility index (Phi) is 12.9. The van der Waals surface area contributed by atoms with Crippen molar-refractivity contribution in [3.8, 4) is 5.75 Å². The quantitative estimate of drug-likeness (QED) is 0.0600. The summed E-state index contributed by atoms with van der Waals surface area (Å²) in [7, 11) is -13.5. The van der Waals surface area contributed by atoms with Crippen LogP contribution in [0.1, 0.15) is 124 Å². The average molecular weight is 962 g/mol. The lowest BCUT2D eigenvalue weighted by atomic mass is 9.74. The van der Waals surface area contributed by atoms with Crippen molar-refractivity contribution in [2.45, 2.75) is 125 Å². The van der Waals surface area contributed by atoms with Crippen LogP contribution in [0, 0.1) is 0 Å². The molecule has 14 nitrogen and oxygen atoms in total. The lowest BCUT2D eigenvalue weighted by Crippen LogP contribution is -2.33. The van der Waals surface area contributed by atoms with E-state index in [1.165, 1.54) is 24.3 Å². The highest BCUT2D eigenvalue weighted by Crippen LogP contribution is 2.56. The topological polar surface area (TPSA) is 216 Å². The monoisotopic (exact) mass is 961 g/mol. The summed E-state index contributed by atoms with van der Waals surface area (Å²) in [6, 6.07) is 12.7. The minimum Gasteiger partial charge on any atom is -0.478 e. The van der Waals surface area contributed by atoms with Crippen LogP contribution in [0.15, 0.2) is 105 Å². The van der Waals surface area contributed by atoms with Crippen LogP contribution in [0.4, 0.5) is 11.4 Å². The van der Waals surface area contributed by atoms with Crippen LogP contribution in [0.25, 0.3) is 0 Å². The van der Waals surface area contributed by atoms with E-state index >= 15 is 0 Å². The number of rotatable bonds is 16. The van der Waals surface area contributed by atoms with Crippen molar-refractivity contribution in [2.75, 3.05) is 23.7 Å². The van der Waals surface area contributed by atoms with Crippen LogP contribution in [0.5, 0.6) is 5.75 Å². The van der Waals surface area contributed by atoms with Crippen LogP contribution in [-0.2, 0) is 54.0 Å². The molecule has 4 aliphatic heterocycles. The number of anilines is 1. The predicted molar refractivity (Wildman–Crippen MR) is 251 cm³/mol. The minimum absolute atomic E-state index is 0.0804. The molecule has 0 radical (unpaired) electrons. The highest BCUT2D eigenvalue weighted by molar-refractivity contribution is 7.86. The maximum absolute atomic E-state index is 13.0. The summed E-state index contributed by atoms with van der Waals surface area (Å²) in [6.45, 7) is 7.29. The second kappa shape index (κ2) is 18.0. The Hall–Kier alpha value is -4.91. The molecule has 3 aromatic rings. The third-order valence-electron chi connectivity index (χ3n) is 14.1. The molecule has 0 aromatic heterocycles. The van der Waals surface area contributed by atoms with Crippen LogP contribution in [0.3, 0.4) is 0 Å². The van der Waals surface area contributed by atoms with Gasteiger partial charge in [0.25, 0.3) is 30.4 Å². The number of hydrogen-bond donors (Lipinski definition) is 4. The summed E-state index contributed by atoms with van der Waals surface area (Å²) in [5, 5.41) is 9.63. The van der Waals surface area contributed by atoms with Gasteiger partial charge in [0.05, 0.1) is 22.3 Å². The molecular weight excluding hydrogens is 905 g/mol. The summed E-state index contributed by atoms with van der Waals surface area (Å²) >= 11 is 0. The second-order valence-corrected chi connectivity index (χ2v) is 22.8. The standard InChI is InChI=1S/C49H56N2O12S3/c1-4-5-27-48(2)40(50-29-9-13-32-17-23-38(65(57,58)59)42(48)44(32)50)25-19-34-11-8-12-35(46(34)63-37-21-15-36(16-22-37)47(52)53)20-26-41-49(3,28-6-7-31-64(54,55)56)43-39(66(60,61)62)24-18-33-14-10-30-51(41)45(33)43/h15-26H,4-14,27-31H2,1-3H3,(H3-,52,53,54,55,56,57,58,59,60,61,62)/p+1. The van der Waals surface area contributed by atoms with Crippen molar-refractivity contribution in [3.63, 3.8) is 0 Å². The first-order chi connectivity index (χ1) is 31.2. The van der Waals surface area contributed by atoms with Gasteiger partial charge < -0.3 is 14.7 Å². The fourth-order valence-corrected chi connectivity index (χ4v) is 13.2. The van der Waals surface area contributed by atoms with Gasteiger partial charge in [0.1, 0.15) is 27.8 Å². The largest absolute Gasteiger partial charge is 0.478 e. The first kappa shape index (κ1) is 47.6. The number of benzene rings is 3. The van der Waals surface area contributed by atoms with Gasteiger partial charge in [0, 0.05) is 47.0 Å². The third kappa shape index (κ3) is 8.97. The summed E-state index contributed by atoms with van der Waals surface area (Å²) < 4.78 is 115. The molecule has 0 saturated carbocycles. The molecule has 8 rings (SSSR count). The van der Waals surface area contributed by atoms with E-state index < -0.39 is 52.9 Å². The number of unbranched alkanes of at least 4 members (excludes halogenated alkanes) is 2. The zero-order valence-electron chi connectivity index (χ0n) is 37.4. The normalized spacial score (nSPS) is 23.0. The molecule has 0 spiro atoms. The van der Waals surface area contributed by atoms with E-state index in [9.17, 15) is 48.8 Å². The first-order valence-electron chi connectivity index (χ1n) is 22.7. The van der Waals surface area contributed by atoms with Gasteiger partial charge in [-0.1, -0.05) is 44.4 Å². The Balaban J connectivity index is 1.28. The number of ether oxygens (including phenoxy) is 1. The number of allylic oxidation sites excluding steroid dienone is 7. The molecule has 0 saturated heterocycles. The molecule has 352 valence electrons. The number of carboxylic acids is 1. The van der Waals surface area contributed by atoms with E-state index in [1.807, 2.05) is 25.2 Å². The van der Waals surface area contributed by atoms with Crippen LogP contribution < -0.4 is 9.64 Å². The number of aromatic carboxylic acids is 1. The molecule has 1 aliphatic carbocycles. The maximum atomic E-state index is 13.0. The number of hydrogen-bond acceptors (Lipinski definition) is 9. The van der Waals surface area contributed by atoms with E-state index in [1.54, 1.807) is 24.3 Å². The predicted octanol–water partition coefficient (Wildman–Crippen LogP) is 9.04. The SMILES string of the molecule is CCCCC1(C)/C(=C\C=C2/CCCC(/C=C/C3=[N+]4CCCc5ccc(S(=O)(=O)O)c(c54)C3(C)CCCCS(=O)(=O)O)=C2Oc2ccc(C(=O)O)cc2)N2CCCc3ccc(S(=O)(=O)O)c1c32. The summed E-state index contributed by atoms with van der Waals surface area (Å²) in [5.41, 5.74) is 6.28. The van der Waals surface area contributed by atoms with Gasteiger partial charge in [-0.3, -0.25) is 13.7 Å². The van der Waals surface area contributed by atoms with Gasteiger partial charge >= 0.3 is 5.97 Å². The molecule has 0 fully saturated rings. The smallest absolute Gasteiger partial charge is 0.335 e. The average Bonchev–Trinajstić information content (AvgIpc) is 3.65. The van der Waals surface area contributed by atoms with Crippen molar-refractivity contribution in [2.24, 2.45) is 0 Å². The zero-order valence-corrected chi connectivity index (χ0v) is 39.9. The highest BCUT2D eigenvalue weighted by Gasteiger charge is 2.53. The molecule has 2 atom stereocenters. The Morgan fingerprint density at radius 1 is 0.758 bits per heavy atom. The lowest BCUT2D eigenvalue weighted by molar-refractivity contribution is -0.443. The molecule has 5 aliphatic rings. The molecule has 4 heterocycles. The van der Waals surface area contributed by atoms with E-state index in [2.05, 4.69) is 29.4 Å². The van der Waals surface area contributed by atoms with E-state index in [0.29, 0.717) is 74.3 Å².